The molecule has 0 spiro atoms. The first-order chi connectivity index (χ1) is 9.11. The van der Waals surface area contributed by atoms with Crippen molar-refractivity contribution in [2.75, 3.05) is 0 Å². The fraction of sp³-hybridized carbons (Fsp3) is 0.286. The summed E-state index contributed by atoms with van der Waals surface area (Å²) in [5, 5.41) is 13.0. The fourth-order valence-corrected chi connectivity index (χ4v) is 1.82. The Kier molecular flexibility index (Phi) is 3.85. The molecule has 0 atom stereocenters. The normalized spacial score (nSPS) is 10.4. The molecule has 0 unspecified atom stereocenters. The van der Waals surface area contributed by atoms with E-state index in [0.717, 1.165) is 12.2 Å². The van der Waals surface area contributed by atoms with Crippen LogP contribution in [0.3, 0.4) is 0 Å². The summed E-state index contributed by atoms with van der Waals surface area (Å²) in [4.78, 5) is 11.0. The predicted molar refractivity (Wildman–Crippen MR) is 70.3 cm³/mol. The van der Waals surface area contributed by atoms with Gasteiger partial charge in [0.2, 0.25) is 0 Å². The van der Waals surface area contributed by atoms with E-state index in [1.54, 1.807) is 7.05 Å². The van der Waals surface area contributed by atoms with Crippen molar-refractivity contribution < 1.29 is 14.6 Å². The third-order valence-corrected chi connectivity index (χ3v) is 2.97. The highest BCUT2D eigenvalue weighted by Gasteiger charge is 2.15. The highest BCUT2D eigenvalue weighted by atomic mass is 16.5. The van der Waals surface area contributed by atoms with Crippen LogP contribution >= 0.6 is 0 Å². The molecule has 0 saturated heterocycles. The third kappa shape index (κ3) is 2.93. The van der Waals surface area contributed by atoms with Crippen LogP contribution in [0, 0.1) is 0 Å². The van der Waals surface area contributed by atoms with Gasteiger partial charge in [-0.05, 0) is 24.1 Å². The predicted octanol–water partition coefficient (Wildman–Crippen LogP) is 2.26. The molecule has 2 rings (SSSR count). The Labute approximate surface area is 111 Å². The number of hydrogen-bond acceptors (Lipinski definition) is 3. The van der Waals surface area contributed by atoms with Crippen molar-refractivity contribution in [1.29, 1.82) is 0 Å². The Morgan fingerprint density at radius 3 is 2.95 bits per heavy atom. The van der Waals surface area contributed by atoms with Crippen molar-refractivity contribution in [2.45, 2.75) is 20.0 Å². The molecule has 0 fully saturated rings. The van der Waals surface area contributed by atoms with Gasteiger partial charge in [0.05, 0.1) is 11.9 Å². The average Bonchev–Trinajstić information content (AvgIpc) is 2.78. The monoisotopic (exact) mass is 260 g/mol. The smallest absolute Gasteiger partial charge is 0.339 e. The third-order valence-electron chi connectivity index (χ3n) is 2.97. The summed E-state index contributed by atoms with van der Waals surface area (Å²) in [6, 6.07) is 7.77. The second kappa shape index (κ2) is 5.56. The van der Waals surface area contributed by atoms with Crippen molar-refractivity contribution in [3.63, 3.8) is 0 Å². The second-order valence-electron chi connectivity index (χ2n) is 4.22. The number of benzene rings is 1. The van der Waals surface area contributed by atoms with Crippen LogP contribution in [0.5, 0.6) is 5.75 Å². The topological polar surface area (TPSA) is 64.3 Å². The number of aromatic nitrogens is 2. The lowest BCUT2D eigenvalue weighted by Crippen LogP contribution is -2.08. The highest BCUT2D eigenvalue weighted by Crippen LogP contribution is 2.16. The molecule has 5 nitrogen and oxygen atoms in total. The number of carboxylic acids is 1. The van der Waals surface area contributed by atoms with Crippen LogP contribution in [0.1, 0.15) is 28.5 Å². The highest BCUT2D eigenvalue weighted by molar-refractivity contribution is 5.88. The molecule has 1 aromatic carbocycles. The van der Waals surface area contributed by atoms with E-state index in [9.17, 15) is 4.79 Å². The summed E-state index contributed by atoms with van der Waals surface area (Å²) >= 11 is 0. The molecular weight excluding hydrogens is 244 g/mol. The fourth-order valence-electron chi connectivity index (χ4n) is 1.82. The minimum atomic E-state index is -0.992. The van der Waals surface area contributed by atoms with Gasteiger partial charge in [0, 0.05) is 7.05 Å². The molecule has 0 saturated carbocycles. The largest absolute Gasteiger partial charge is 0.487 e. The molecule has 1 heterocycles. The van der Waals surface area contributed by atoms with Gasteiger partial charge in [-0.1, -0.05) is 19.1 Å². The van der Waals surface area contributed by atoms with Gasteiger partial charge < -0.3 is 9.84 Å². The Bertz CT molecular complexity index is 590. The van der Waals surface area contributed by atoms with Crippen LogP contribution in [0.4, 0.5) is 0 Å². The first kappa shape index (κ1) is 13.1. The molecule has 0 bridgehead atoms. The van der Waals surface area contributed by atoms with E-state index in [1.807, 2.05) is 24.3 Å². The SMILES string of the molecule is CCc1cccc(OCc2c(C(=O)O)cnn2C)c1. The lowest BCUT2D eigenvalue weighted by Gasteiger charge is -2.08. The maximum Gasteiger partial charge on any atom is 0.339 e. The molecule has 0 amide bonds. The first-order valence-electron chi connectivity index (χ1n) is 6.07. The van der Waals surface area contributed by atoms with Gasteiger partial charge in [0.1, 0.15) is 17.9 Å². The minimum Gasteiger partial charge on any atom is -0.487 e. The van der Waals surface area contributed by atoms with Gasteiger partial charge in [0.15, 0.2) is 0 Å². The van der Waals surface area contributed by atoms with Gasteiger partial charge in [-0.3, -0.25) is 4.68 Å². The van der Waals surface area contributed by atoms with E-state index >= 15 is 0 Å². The average molecular weight is 260 g/mol. The maximum atomic E-state index is 11.0. The van der Waals surface area contributed by atoms with Crippen molar-refractivity contribution in [2.24, 2.45) is 7.05 Å². The number of carbonyl (C=O) groups is 1. The number of hydrogen-bond donors (Lipinski definition) is 1. The Morgan fingerprint density at radius 1 is 1.47 bits per heavy atom. The molecule has 0 aliphatic rings. The van der Waals surface area contributed by atoms with Crippen LogP contribution in [-0.2, 0) is 20.1 Å². The number of nitrogens with zero attached hydrogens (tertiary/aromatic N) is 2. The standard InChI is InChI=1S/C14H16N2O3/c1-3-10-5-4-6-11(7-10)19-9-13-12(14(17)18)8-15-16(13)2/h4-8H,3,9H2,1-2H3,(H,17,18). The number of rotatable bonds is 5. The molecule has 100 valence electrons. The number of aryl methyl sites for hydroxylation is 2. The molecule has 1 aromatic heterocycles. The van der Waals surface area contributed by atoms with E-state index in [4.69, 9.17) is 9.84 Å². The first-order valence-corrected chi connectivity index (χ1v) is 6.07. The molecule has 0 aliphatic carbocycles. The summed E-state index contributed by atoms with van der Waals surface area (Å²) in [5.74, 6) is -0.258. The summed E-state index contributed by atoms with van der Waals surface area (Å²) < 4.78 is 7.16. The van der Waals surface area contributed by atoms with Crippen LogP contribution in [-0.4, -0.2) is 20.9 Å². The minimum absolute atomic E-state index is 0.175. The number of carboxylic acid groups (broad SMARTS) is 1. The van der Waals surface area contributed by atoms with Gasteiger partial charge >= 0.3 is 5.97 Å². The zero-order valence-electron chi connectivity index (χ0n) is 11.0. The second-order valence-corrected chi connectivity index (χ2v) is 4.22. The Morgan fingerprint density at radius 2 is 2.26 bits per heavy atom. The Hall–Kier alpha value is -2.30. The van der Waals surface area contributed by atoms with E-state index in [-0.39, 0.29) is 12.2 Å². The van der Waals surface area contributed by atoms with Crippen molar-refractivity contribution in [1.82, 2.24) is 9.78 Å². The van der Waals surface area contributed by atoms with Crippen molar-refractivity contribution in [3.8, 4) is 5.75 Å². The van der Waals surface area contributed by atoms with Crippen molar-refractivity contribution >= 4 is 5.97 Å². The van der Waals surface area contributed by atoms with Gasteiger partial charge in [-0.15, -0.1) is 0 Å². The quantitative estimate of drug-likeness (QED) is 0.895. The molecule has 1 N–H and O–H groups in total. The maximum absolute atomic E-state index is 11.0. The number of aromatic carboxylic acids is 1. The van der Waals surface area contributed by atoms with E-state index in [1.165, 1.54) is 16.4 Å². The summed E-state index contributed by atoms with van der Waals surface area (Å²) in [6.45, 7) is 2.26. The molecule has 0 aliphatic heterocycles. The van der Waals surface area contributed by atoms with Gasteiger partial charge in [0.25, 0.3) is 0 Å². The van der Waals surface area contributed by atoms with Crippen LogP contribution in [0.15, 0.2) is 30.5 Å². The van der Waals surface area contributed by atoms with Gasteiger partial charge in [-0.2, -0.15) is 5.10 Å². The zero-order valence-corrected chi connectivity index (χ0v) is 11.0. The summed E-state index contributed by atoms with van der Waals surface area (Å²) in [6.07, 6.45) is 2.27. The van der Waals surface area contributed by atoms with Gasteiger partial charge in [-0.25, -0.2) is 4.79 Å². The van der Waals surface area contributed by atoms with E-state index in [0.29, 0.717) is 5.69 Å². The zero-order chi connectivity index (χ0) is 13.8. The van der Waals surface area contributed by atoms with Crippen LogP contribution < -0.4 is 4.74 Å². The lowest BCUT2D eigenvalue weighted by molar-refractivity contribution is 0.0693. The molecule has 19 heavy (non-hydrogen) atoms. The molecule has 2 aromatic rings. The molecule has 5 heteroatoms. The van der Waals surface area contributed by atoms with Crippen LogP contribution in [0.2, 0.25) is 0 Å². The lowest BCUT2D eigenvalue weighted by atomic mass is 10.2. The molecular formula is C14H16N2O3. The van der Waals surface area contributed by atoms with Crippen molar-refractivity contribution in [3.05, 3.63) is 47.3 Å². The van der Waals surface area contributed by atoms with E-state index in [2.05, 4.69) is 12.0 Å². The Balaban J connectivity index is 2.14. The van der Waals surface area contributed by atoms with Crippen LogP contribution in [0.25, 0.3) is 0 Å². The summed E-state index contributed by atoms with van der Waals surface area (Å²) in [5.41, 5.74) is 1.91. The summed E-state index contributed by atoms with van der Waals surface area (Å²) in [7, 11) is 1.70. The van der Waals surface area contributed by atoms with E-state index < -0.39 is 5.97 Å². The number of ether oxygens (including phenoxy) is 1. The molecule has 0 radical (unpaired) electrons.